The van der Waals surface area contributed by atoms with Crippen LogP contribution in [-0.2, 0) is 20.9 Å². The molecule has 1 aromatic heterocycles. The van der Waals surface area contributed by atoms with E-state index in [0.717, 1.165) is 13.0 Å². The van der Waals surface area contributed by atoms with Gasteiger partial charge in [-0.15, -0.1) is 0 Å². The van der Waals surface area contributed by atoms with Gasteiger partial charge in [0.05, 0.1) is 12.2 Å². The lowest BCUT2D eigenvalue weighted by Gasteiger charge is -2.17. The molecule has 0 spiro atoms. The zero-order valence-corrected chi connectivity index (χ0v) is 19.8. The first kappa shape index (κ1) is 24.3. The number of aromatic nitrogens is 2. The van der Waals surface area contributed by atoms with Crippen molar-refractivity contribution < 1.29 is 19.1 Å². The minimum absolute atomic E-state index is 0.0990. The van der Waals surface area contributed by atoms with Gasteiger partial charge in [0, 0.05) is 54.8 Å². The first-order valence-corrected chi connectivity index (χ1v) is 11.7. The van der Waals surface area contributed by atoms with Gasteiger partial charge in [0.15, 0.2) is 6.61 Å². The number of rotatable bonds is 10. The number of nitrogens with one attached hydrogen (secondary N) is 2. The average Bonchev–Trinajstić information content (AvgIpc) is 3.50. The quantitative estimate of drug-likeness (QED) is 0.420. The van der Waals surface area contributed by atoms with Crippen LogP contribution in [-0.4, -0.2) is 47.0 Å². The Labute approximate surface area is 208 Å². The molecule has 0 saturated carbocycles. The van der Waals surface area contributed by atoms with Crippen molar-refractivity contribution in [1.29, 1.82) is 0 Å². The number of benzene rings is 2. The molecule has 1 atom stereocenters. The molecule has 35 heavy (non-hydrogen) atoms. The molecule has 1 saturated heterocycles. The maximum Gasteiger partial charge on any atom is 0.262 e. The molecule has 10 heteroatoms. The summed E-state index contributed by atoms with van der Waals surface area (Å²) in [7, 11) is 0. The van der Waals surface area contributed by atoms with Crippen LogP contribution in [0.5, 0.6) is 5.75 Å². The van der Waals surface area contributed by atoms with Gasteiger partial charge in [-0.25, -0.2) is 4.98 Å². The second-order valence-electron chi connectivity index (χ2n) is 8.19. The first-order chi connectivity index (χ1) is 17.0. The molecule has 0 unspecified atom stereocenters. The molecule has 3 aromatic rings. The van der Waals surface area contributed by atoms with E-state index in [1.165, 1.54) is 0 Å². The smallest absolute Gasteiger partial charge is 0.262 e. The molecule has 9 nitrogen and oxygen atoms in total. The maximum absolute atomic E-state index is 12.5. The number of hydrogen-bond donors (Lipinski definition) is 2. The molecular weight excluding hydrogens is 470 g/mol. The van der Waals surface area contributed by atoms with Crippen LogP contribution in [0, 0.1) is 5.92 Å². The van der Waals surface area contributed by atoms with Gasteiger partial charge in [0.1, 0.15) is 5.75 Å². The fourth-order valence-electron chi connectivity index (χ4n) is 3.80. The molecule has 4 rings (SSSR count). The highest BCUT2D eigenvalue weighted by atomic mass is 35.5. The van der Waals surface area contributed by atoms with Gasteiger partial charge >= 0.3 is 0 Å². The highest BCUT2D eigenvalue weighted by Gasteiger charge is 2.34. The Bertz CT molecular complexity index is 1170. The fraction of sp³-hybridized carbons (Fsp3) is 0.280. The molecule has 2 aromatic carbocycles. The number of carbonyl (C=O) groups excluding carboxylic acids is 3. The Morgan fingerprint density at radius 2 is 2.00 bits per heavy atom. The van der Waals surface area contributed by atoms with Crippen molar-refractivity contribution in [3.05, 3.63) is 72.3 Å². The van der Waals surface area contributed by atoms with Crippen molar-refractivity contribution in [3.63, 3.8) is 0 Å². The number of halogens is 1. The number of imidazole rings is 1. The van der Waals surface area contributed by atoms with Gasteiger partial charge in [-0.05, 0) is 48.9 Å². The van der Waals surface area contributed by atoms with Gasteiger partial charge in [0.2, 0.25) is 11.8 Å². The van der Waals surface area contributed by atoms with Crippen molar-refractivity contribution in [2.24, 2.45) is 5.92 Å². The second-order valence-corrected chi connectivity index (χ2v) is 8.63. The summed E-state index contributed by atoms with van der Waals surface area (Å²) in [5.41, 5.74) is 1.27. The summed E-state index contributed by atoms with van der Waals surface area (Å²) in [6, 6.07) is 13.7. The Hall–Kier alpha value is -3.85. The lowest BCUT2D eigenvalue weighted by atomic mass is 10.1. The largest absolute Gasteiger partial charge is 0.484 e. The number of aryl methyl sites for hydroxylation is 1. The molecule has 2 heterocycles. The number of carbonyl (C=O) groups is 3. The molecule has 2 N–H and O–H groups in total. The third-order valence-electron chi connectivity index (χ3n) is 5.57. The highest BCUT2D eigenvalue weighted by Crippen LogP contribution is 2.27. The fourth-order valence-corrected chi connectivity index (χ4v) is 3.99. The normalized spacial score (nSPS) is 15.2. The summed E-state index contributed by atoms with van der Waals surface area (Å²) in [6.07, 6.45) is 6.29. The molecule has 182 valence electrons. The number of nitrogens with zero attached hydrogens (tertiary/aromatic N) is 3. The van der Waals surface area contributed by atoms with Gasteiger partial charge in [-0.3, -0.25) is 14.4 Å². The summed E-state index contributed by atoms with van der Waals surface area (Å²) < 4.78 is 7.49. The predicted molar refractivity (Wildman–Crippen MR) is 132 cm³/mol. The van der Waals surface area contributed by atoms with E-state index in [-0.39, 0.29) is 36.7 Å². The van der Waals surface area contributed by atoms with E-state index in [1.807, 2.05) is 10.8 Å². The van der Waals surface area contributed by atoms with Crippen LogP contribution in [0.2, 0.25) is 5.02 Å². The molecule has 0 radical (unpaired) electrons. The molecule has 3 amide bonds. The van der Waals surface area contributed by atoms with Crippen LogP contribution >= 0.6 is 11.6 Å². The second kappa shape index (κ2) is 11.5. The van der Waals surface area contributed by atoms with Crippen LogP contribution in [0.25, 0.3) is 0 Å². The zero-order valence-electron chi connectivity index (χ0n) is 19.0. The number of amides is 3. The average molecular weight is 496 g/mol. The standard InChI is InChI=1S/C25H26ClN5O4/c26-19-3-1-4-20(14-19)29-23(32)16-35-22-7-5-21(6-8-22)31-15-18(13-24(31)33)25(34)28-9-2-11-30-12-10-27-17-30/h1,3-8,10,12,14,17-18H,2,9,11,13,15-16H2,(H,28,34)(H,29,32)/t18-/m0/s1. The topological polar surface area (TPSA) is 106 Å². The lowest BCUT2D eigenvalue weighted by Crippen LogP contribution is -2.33. The van der Waals surface area contributed by atoms with E-state index < -0.39 is 0 Å². The highest BCUT2D eigenvalue weighted by molar-refractivity contribution is 6.30. The minimum atomic E-state index is -0.387. The maximum atomic E-state index is 12.5. The Morgan fingerprint density at radius 3 is 2.74 bits per heavy atom. The van der Waals surface area contributed by atoms with Gasteiger partial charge < -0.3 is 24.8 Å². The molecular formula is C25H26ClN5O4. The molecule has 1 aliphatic rings. The zero-order chi connectivity index (χ0) is 24.6. The summed E-state index contributed by atoms with van der Waals surface area (Å²) >= 11 is 5.92. The lowest BCUT2D eigenvalue weighted by molar-refractivity contribution is -0.126. The summed E-state index contributed by atoms with van der Waals surface area (Å²) in [5, 5.41) is 6.16. The van der Waals surface area contributed by atoms with Gasteiger partial charge in [-0.2, -0.15) is 0 Å². The van der Waals surface area contributed by atoms with E-state index in [2.05, 4.69) is 15.6 Å². The predicted octanol–water partition coefficient (Wildman–Crippen LogP) is 3.11. The summed E-state index contributed by atoms with van der Waals surface area (Å²) in [6.45, 7) is 1.47. The molecule has 1 fully saturated rings. The first-order valence-electron chi connectivity index (χ1n) is 11.3. The van der Waals surface area contributed by atoms with Crippen LogP contribution < -0.4 is 20.3 Å². The Balaban J connectivity index is 1.22. The third-order valence-corrected chi connectivity index (χ3v) is 5.81. The SMILES string of the molecule is O=C(COc1ccc(N2C[C@@H](C(=O)NCCCn3ccnc3)CC2=O)cc1)Nc1cccc(Cl)c1. The van der Waals surface area contributed by atoms with Gasteiger partial charge in [-0.1, -0.05) is 17.7 Å². The minimum Gasteiger partial charge on any atom is -0.484 e. The van der Waals surface area contributed by atoms with E-state index in [0.29, 0.717) is 35.2 Å². The number of anilines is 2. The van der Waals surface area contributed by atoms with Crippen LogP contribution in [0.3, 0.4) is 0 Å². The third kappa shape index (κ3) is 6.83. The van der Waals surface area contributed by atoms with Crippen LogP contribution in [0.4, 0.5) is 11.4 Å². The Kier molecular flexibility index (Phi) is 7.99. The molecule has 0 aliphatic carbocycles. The van der Waals surface area contributed by atoms with Crippen LogP contribution in [0.1, 0.15) is 12.8 Å². The van der Waals surface area contributed by atoms with Crippen LogP contribution in [0.15, 0.2) is 67.3 Å². The summed E-state index contributed by atoms with van der Waals surface area (Å²) in [4.78, 5) is 42.7. The Morgan fingerprint density at radius 1 is 1.17 bits per heavy atom. The van der Waals surface area contributed by atoms with E-state index >= 15 is 0 Å². The number of ether oxygens (including phenoxy) is 1. The van der Waals surface area contributed by atoms with E-state index in [9.17, 15) is 14.4 Å². The monoisotopic (exact) mass is 495 g/mol. The summed E-state index contributed by atoms with van der Waals surface area (Å²) in [5.74, 6) is -0.420. The van der Waals surface area contributed by atoms with Crippen molar-refractivity contribution in [3.8, 4) is 5.75 Å². The molecule has 0 bridgehead atoms. The van der Waals surface area contributed by atoms with Crippen molar-refractivity contribution in [2.45, 2.75) is 19.4 Å². The van der Waals surface area contributed by atoms with E-state index in [4.69, 9.17) is 16.3 Å². The number of hydrogen-bond acceptors (Lipinski definition) is 5. The van der Waals surface area contributed by atoms with Crippen molar-refractivity contribution in [2.75, 3.05) is 29.9 Å². The van der Waals surface area contributed by atoms with Crippen molar-refractivity contribution in [1.82, 2.24) is 14.9 Å². The van der Waals surface area contributed by atoms with E-state index in [1.54, 1.807) is 66.0 Å². The van der Waals surface area contributed by atoms with Gasteiger partial charge in [0.25, 0.3) is 5.91 Å². The molecule has 1 aliphatic heterocycles. The van der Waals surface area contributed by atoms with Crippen molar-refractivity contribution >= 4 is 40.7 Å².